The number of aromatic nitrogens is 1. The van der Waals surface area contributed by atoms with Gasteiger partial charge in [-0.15, -0.1) is 11.3 Å². The third-order valence-corrected chi connectivity index (χ3v) is 6.43. The highest BCUT2D eigenvalue weighted by atomic mass is 32.2. The molecule has 1 atom stereocenters. The molecule has 0 unspecified atom stereocenters. The lowest BCUT2D eigenvalue weighted by Crippen LogP contribution is -2.43. The average molecular weight is 477 g/mol. The van der Waals surface area contributed by atoms with Crippen LogP contribution >= 0.6 is 23.1 Å². The maximum absolute atomic E-state index is 13.0. The van der Waals surface area contributed by atoms with Gasteiger partial charge in [0.1, 0.15) is 28.6 Å². The molecule has 0 saturated carbocycles. The lowest BCUT2D eigenvalue weighted by atomic mass is 10.1. The van der Waals surface area contributed by atoms with Crippen LogP contribution in [-0.4, -0.2) is 46.6 Å². The number of carboxylic acid groups (broad SMARTS) is 1. The highest BCUT2D eigenvalue weighted by molar-refractivity contribution is 7.98. The van der Waals surface area contributed by atoms with Gasteiger partial charge in [0, 0.05) is 17.1 Å². The number of aliphatic carboxylic acids is 1. The summed E-state index contributed by atoms with van der Waals surface area (Å²) >= 11 is 2.89. The molecular formula is C22H24N2O6S2. The molecule has 0 radical (unpaired) electrons. The molecule has 0 saturated heterocycles. The van der Waals surface area contributed by atoms with Gasteiger partial charge in [-0.2, -0.15) is 11.8 Å². The molecular weight excluding hydrogens is 452 g/mol. The molecule has 0 aliphatic heterocycles. The van der Waals surface area contributed by atoms with Crippen molar-refractivity contribution in [2.75, 3.05) is 18.6 Å². The molecule has 0 aliphatic rings. The Balaban J connectivity index is 1.81. The normalized spacial score (nSPS) is 12.0. The lowest BCUT2D eigenvalue weighted by molar-refractivity contribution is -0.142. The standard InChI is InChI=1S/C22H24N2O6S2/c1-4-13-7-14-18(29-9-15(20(14)26)21-23-12(2)11-32-21)8-17(13)30-10-19(25)24-16(22(27)28)5-6-31-3/h7-9,11,16H,4-6,10H2,1-3H3,(H,24,25)(H,27,28)/t16-/m0/s1. The van der Waals surface area contributed by atoms with E-state index in [0.29, 0.717) is 45.9 Å². The van der Waals surface area contributed by atoms with Crippen LogP contribution in [0.25, 0.3) is 21.5 Å². The predicted octanol–water partition coefficient (Wildman–Crippen LogP) is 3.49. The van der Waals surface area contributed by atoms with Gasteiger partial charge in [-0.3, -0.25) is 9.59 Å². The first-order chi connectivity index (χ1) is 15.3. The number of hydrogen-bond donors (Lipinski definition) is 2. The van der Waals surface area contributed by atoms with Gasteiger partial charge in [0.15, 0.2) is 6.61 Å². The zero-order chi connectivity index (χ0) is 23.3. The van der Waals surface area contributed by atoms with Crippen LogP contribution in [0.3, 0.4) is 0 Å². The zero-order valence-corrected chi connectivity index (χ0v) is 19.6. The fourth-order valence-corrected chi connectivity index (χ4v) is 4.38. The summed E-state index contributed by atoms with van der Waals surface area (Å²) in [6.45, 7) is 3.42. The first kappa shape index (κ1) is 23.8. The number of fused-ring (bicyclic) bond motifs is 1. The van der Waals surface area contributed by atoms with Crippen molar-refractivity contribution in [2.24, 2.45) is 0 Å². The molecule has 2 aromatic heterocycles. The molecule has 1 amide bonds. The summed E-state index contributed by atoms with van der Waals surface area (Å²) in [6.07, 6.45) is 4.15. The molecule has 2 heterocycles. The number of thioether (sulfide) groups is 1. The smallest absolute Gasteiger partial charge is 0.326 e. The first-order valence-electron chi connectivity index (χ1n) is 9.98. The molecule has 8 nitrogen and oxygen atoms in total. The number of nitrogens with zero attached hydrogens (tertiary/aromatic N) is 1. The van der Waals surface area contributed by atoms with Gasteiger partial charge >= 0.3 is 5.97 Å². The number of thiazole rings is 1. The van der Waals surface area contributed by atoms with E-state index in [2.05, 4.69) is 10.3 Å². The second-order valence-corrected chi connectivity index (χ2v) is 8.95. The number of hydrogen-bond acceptors (Lipinski definition) is 8. The quantitative estimate of drug-likeness (QED) is 0.456. The molecule has 170 valence electrons. The number of rotatable bonds is 10. The van der Waals surface area contributed by atoms with Gasteiger partial charge in [0.25, 0.3) is 5.91 Å². The fraction of sp³-hybridized carbons (Fsp3) is 0.364. The third kappa shape index (κ3) is 5.49. The van der Waals surface area contributed by atoms with Crippen molar-refractivity contribution in [3.8, 4) is 16.3 Å². The van der Waals surface area contributed by atoms with Crippen LogP contribution in [0.4, 0.5) is 0 Å². The summed E-state index contributed by atoms with van der Waals surface area (Å²) in [7, 11) is 0. The number of nitrogens with one attached hydrogen (secondary N) is 1. The van der Waals surface area contributed by atoms with Crippen LogP contribution in [-0.2, 0) is 16.0 Å². The summed E-state index contributed by atoms with van der Waals surface area (Å²) in [5.74, 6) is -0.589. The van der Waals surface area contributed by atoms with Crippen molar-refractivity contribution < 1.29 is 23.8 Å². The Labute approximate surface area is 193 Å². The van der Waals surface area contributed by atoms with Crippen molar-refractivity contribution in [1.29, 1.82) is 0 Å². The van der Waals surface area contributed by atoms with Crippen molar-refractivity contribution in [1.82, 2.24) is 10.3 Å². The van der Waals surface area contributed by atoms with Gasteiger partial charge in [0.2, 0.25) is 5.43 Å². The van der Waals surface area contributed by atoms with Crippen molar-refractivity contribution in [2.45, 2.75) is 32.7 Å². The molecule has 3 rings (SSSR count). The Morgan fingerprint density at radius 3 is 2.78 bits per heavy atom. The van der Waals surface area contributed by atoms with Gasteiger partial charge < -0.3 is 19.6 Å². The lowest BCUT2D eigenvalue weighted by Gasteiger charge is -2.15. The number of benzene rings is 1. The average Bonchev–Trinajstić information content (AvgIpc) is 3.20. The van der Waals surface area contributed by atoms with Gasteiger partial charge in [-0.05, 0) is 43.4 Å². The number of ether oxygens (including phenoxy) is 1. The third-order valence-electron chi connectivity index (χ3n) is 4.79. The molecule has 0 aliphatic carbocycles. The van der Waals surface area contributed by atoms with E-state index in [1.54, 1.807) is 12.1 Å². The van der Waals surface area contributed by atoms with Gasteiger partial charge in [0.05, 0.1) is 10.9 Å². The van der Waals surface area contributed by atoms with E-state index >= 15 is 0 Å². The molecule has 32 heavy (non-hydrogen) atoms. The maximum Gasteiger partial charge on any atom is 0.326 e. The van der Waals surface area contributed by atoms with Gasteiger partial charge in [-0.1, -0.05) is 6.92 Å². The Morgan fingerprint density at radius 2 is 2.16 bits per heavy atom. The Morgan fingerprint density at radius 1 is 1.38 bits per heavy atom. The van der Waals surface area contributed by atoms with E-state index in [1.807, 2.05) is 25.5 Å². The molecule has 0 fully saturated rings. The summed E-state index contributed by atoms with van der Waals surface area (Å²) in [5, 5.41) is 14.6. The Bertz CT molecular complexity index is 1190. The second kappa shape index (κ2) is 10.6. The highest BCUT2D eigenvalue weighted by Crippen LogP contribution is 2.28. The summed E-state index contributed by atoms with van der Waals surface area (Å²) in [4.78, 5) is 40.9. The largest absolute Gasteiger partial charge is 0.483 e. The highest BCUT2D eigenvalue weighted by Gasteiger charge is 2.20. The number of aryl methyl sites for hydroxylation is 2. The fourth-order valence-electron chi connectivity index (χ4n) is 3.11. The van der Waals surface area contributed by atoms with Crippen LogP contribution in [0.2, 0.25) is 0 Å². The molecule has 0 bridgehead atoms. The van der Waals surface area contributed by atoms with Crippen LogP contribution in [0.5, 0.6) is 5.75 Å². The Hall–Kier alpha value is -2.85. The molecule has 3 aromatic rings. The second-order valence-electron chi connectivity index (χ2n) is 7.11. The SMILES string of the molecule is CCc1cc2c(=O)c(-c3nc(C)cs3)coc2cc1OCC(=O)N[C@@H](CCSC)C(=O)O. The monoisotopic (exact) mass is 476 g/mol. The molecule has 2 N–H and O–H groups in total. The first-order valence-corrected chi connectivity index (χ1v) is 12.3. The van der Waals surface area contributed by atoms with E-state index in [1.165, 1.54) is 29.4 Å². The molecule has 0 spiro atoms. The Kier molecular flexibility index (Phi) is 7.92. The maximum atomic E-state index is 13.0. The zero-order valence-electron chi connectivity index (χ0n) is 18.0. The minimum Gasteiger partial charge on any atom is -0.483 e. The number of amides is 1. The minimum absolute atomic E-state index is 0.183. The van der Waals surface area contributed by atoms with Crippen LogP contribution < -0.4 is 15.5 Å². The molecule has 10 heteroatoms. The van der Waals surface area contributed by atoms with E-state index in [0.717, 1.165) is 11.3 Å². The summed E-state index contributed by atoms with van der Waals surface area (Å²) in [5.41, 5.74) is 2.12. The molecule has 1 aromatic carbocycles. The van der Waals surface area contributed by atoms with Crippen LogP contribution in [0.1, 0.15) is 24.6 Å². The van der Waals surface area contributed by atoms with Crippen LogP contribution in [0.15, 0.2) is 33.0 Å². The van der Waals surface area contributed by atoms with Crippen LogP contribution in [0, 0.1) is 6.92 Å². The van der Waals surface area contributed by atoms with E-state index in [9.17, 15) is 19.5 Å². The number of carbonyl (C=O) groups excluding carboxylic acids is 1. The van der Waals surface area contributed by atoms with Gasteiger partial charge in [-0.25, -0.2) is 9.78 Å². The van der Waals surface area contributed by atoms with Crippen molar-refractivity contribution in [3.63, 3.8) is 0 Å². The summed E-state index contributed by atoms with van der Waals surface area (Å²) < 4.78 is 11.3. The van der Waals surface area contributed by atoms with E-state index < -0.39 is 17.9 Å². The topological polar surface area (TPSA) is 119 Å². The summed E-state index contributed by atoms with van der Waals surface area (Å²) in [6, 6.07) is 2.32. The van der Waals surface area contributed by atoms with Crippen molar-refractivity contribution >= 4 is 45.9 Å². The van der Waals surface area contributed by atoms with E-state index in [4.69, 9.17) is 9.15 Å². The predicted molar refractivity (Wildman–Crippen MR) is 126 cm³/mol. The number of carbonyl (C=O) groups is 2. The van der Waals surface area contributed by atoms with E-state index in [-0.39, 0.29) is 12.0 Å². The number of carboxylic acids is 1. The van der Waals surface area contributed by atoms with Crippen molar-refractivity contribution in [3.05, 3.63) is 45.3 Å². The minimum atomic E-state index is -1.08.